The number of fused-ring (bicyclic) bond motifs is 7. The number of benzene rings is 9. The number of rotatable bonds is 7. The minimum atomic E-state index is -0.529. The van der Waals surface area contributed by atoms with Crippen molar-refractivity contribution in [3.8, 4) is 28.3 Å². The smallest absolute Gasteiger partial charge is 0.227 e. The molecule has 0 saturated carbocycles. The molecule has 9 aromatic carbocycles. The van der Waals surface area contributed by atoms with E-state index in [0.717, 1.165) is 50.4 Å². The highest BCUT2D eigenvalue weighted by Gasteiger charge is 2.46. The van der Waals surface area contributed by atoms with Crippen molar-refractivity contribution in [2.24, 2.45) is 0 Å². The molecule has 0 fully saturated rings. The molecule has 0 radical (unpaired) electrons. The molecule has 4 heteroatoms. The Labute approximate surface area is 347 Å². The summed E-state index contributed by atoms with van der Waals surface area (Å²) in [5.41, 5.74) is 16.2. The fourth-order valence-corrected chi connectivity index (χ4v) is 9.79. The molecule has 0 N–H and O–H groups in total. The van der Waals surface area contributed by atoms with Crippen LogP contribution < -0.4 is 4.90 Å². The quantitative estimate of drug-likeness (QED) is 0.162. The number of aromatic nitrogens is 2. The molecule has 60 heavy (non-hydrogen) atoms. The molecule has 0 atom stereocenters. The zero-order valence-electron chi connectivity index (χ0n) is 32.6. The van der Waals surface area contributed by atoms with Crippen LogP contribution in [0.1, 0.15) is 22.3 Å². The molecule has 12 rings (SSSR count). The van der Waals surface area contributed by atoms with Crippen molar-refractivity contribution < 1.29 is 4.42 Å². The first-order valence-electron chi connectivity index (χ1n) is 20.5. The number of hydrogen-bond acceptors (Lipinski definition) is 3. The molecular weight excluding hydrogens is 731 g/mol. The van der Waals surface area contributed by atoms with Crippen LogP contribution in [0.4, 0.5) is 17.1 Å². The first kappa shape index (κ1) is 34.1. The van der Waals surface area contributed by atoms with E-state index in [0.29, 0.717) is 5.89 Å². The van der Waals surface area contributed by atoms with Crippen LogP contribution in [-0.2, 0) is 5.41 Å². The lowest BCUT2D eigenvalue weighted by Crippen LogP contribution is -2.28. The highest BCUT2D eigenvalue weighted by molar-refractivity contribution is 6.17. The summed E-state index contributed by atoms with van der Waals surface area (Å²) in [6.45, 7) is 0. The first-order chi connectivity index (χ1) is 29.8. The maximum atomic E-state index is 6.18. The topological polar surface area (TPSA) is 34.2 Å². The van der Waals surface area contributed by atoms with Crippen molar-refractivity contribution in [1.82, 2.24) is 9.55 Å². The zero-order chi connectivity index (χ0) is 39.6. The van der Waals surface area contributed by atoms with E-state index < -0.39 is 5.41 Å². The van der Waals surface area contributed by atoms with E-state index in [1.165, 1.54) is 44.2 Å². The summed E-state index contributed by atoms with van der Waals surface area (Å²) in [7, 11) is 0. The van der Waals surface area contributed by atoms with E-state index in [2.05, 4.69) is 210 Å². The number of hydrogen-bond donors (Lipinski definition) is 0. The van der Waals surface area contributed by atoms with Crippen LogP contribution >= 0.6 is 0 Å². The molecule has 4 nitrogen and oxygen atoms in total. The van der Waals surface area contributed by atoms with Crippen LogP contribution in [0.25, 0.3) is 61.2 Å². The van der Waals surface area contributed by atoms with E-state index in [-0.39, 0.29) is 0 Å². The van der Waals surface area contributed by atoms with Gasteiger partial charge in [-0.3, -0.25) is 0 Å². The van der Waals surface area contributed by atoms with Crippen molar-refractivity contribution in [1.29, 1.82) is 0 Å². The second kappa shape index (κ2) is 13.6. The second-order valence-electron chi connectivity index (χ2n) is 15.5. The van der Waals surface area contributed by atoms with E-state index in [4.69, 9.17) is 9.40 Å². The molecular formula is C56H37N3O. The Morgan fingerprint density at radius 3 is 1.80 bits per heavy atom. The van der Waals surface area contributed by atoms with Crippen LogP contribution in [0, 0.1) is 0 Å². The average Bonchev–Trinajstić information content (AvgIpc) is 4.00. The molecule has 1 aliphatic carbocycles. The molecule has 2 heterocycles. The average molecular weight is 768 g/mol. The molecule has 0 spiro atoms. The maximum absolute atomic E-state index is 6.18. The van der Waals surface area contributed by atoms with Crippen molar-refractivity contribution in [3.05, 3.63) is 247 Å². The maximum Gasteiger partial charge on any atom is 0.227 e. The summed E-state index contributed by atoms with van der Waals surface area (Å²) >= 11 is 0. The monoisotopic (exact) mass is 767 g/mol. The van der Waals surface area contributed by atoms with Gasteiger partial charge in [-0.05, 0) is 118 Å². The number of para-hydroxylation sites is 4. The predicted octanol–water partition coefficient (Wildman–Crippen LogP) is 14.4. The van der Waals surface area contributed by atoms with Gasteiger partial charge in [0, 0.05) is 33.4 Å². The zero-order valence-corrected chi connectivity index (χ0v) is 32.6. The van der Waals surface area contributed by atoms with Gasteiger partial charge in [0.2, 0.25) is 5.89 Å². The molecule has 0 saturated heterocycles. The van der Waals surface area contributed by atoms with Gasteiger partial charge in [-0.2, -0.15) is 0 Å². The van der Waals surface area contributed by atoms with Crippen molar-refractivity contribution in [2.45, 2.75) is 5.41 Å². The van der Waals surface area contributed by atoms with Crippen LogP contribution in [-0.4, -0.2) is 9.55 Å². The van der Waals surface area contributed by atoms with E-state index in [1.807, 2.05) is 24.3 Å². The summed E-state index contributed by atoms with van der Waals surface area (Å²) in [6, 6.07) is 80.8. The number of anilines is 3. The second-order valence-corrected chi connectivity index (χ2v) is 15.5. The molecule has 1 aliphatic rings. The Balaban J connectivity index is 1.14. The first-order valence-corrected chi connectivity index (χ1v) is 20.5. The van der Waals surface area contributed by atoms with Crippen molar-refractivity contribution >= 4 is 50.0 Å². The molecule has 0 bridgehead atoms. The molecule has 0 amide bonds. The normalized spacial score (nSPS) is 12.8. The summed E-state index contributed by atoms with van der Waals surface area (Å²) < 4.78 is 8.60. The third-order valence-electron chi connectivity index (χ3n) is 12.3. The van der Waals surface area contributed by atoms with E-state index in [9.17, 15) is 0 Å². The van der Waals surface area contributed by atoms with Crippen molar-refractivity contribution in [3.63, 3.8) is 0 Å². The van der Waals surface area contributed by atoms with Gasteiger partial charge < -0.3 is 13.9 Å². The lowest BCUT2D eigenvalue weighted by molar-refractivity contribution is 0.620. The summed E-state index contributed by atoms with van der Waals surface area (Å²) in [5.74, 6) is 0.608. The molecule has 0 aliphatic heterocycles. The van der Waals surface area contributed by atoms with Crippen LogP contribution in [0.3, 0.4) is 0 Å². The van der Waals surface area contributed by atoms with Crippen LogP contribution in [0.2, 0.25) is 0 Å². The Hall–Kier alpha value is -7.95. The van der Waals surface area contributed by atoms with Crippen molar-refractivity contribution in [2.75, 3.05) is 4.90 Å². The Morgan fingerprint density at radius 1 is 0.467 bits per heavy atom. The van der Waals surface area contributed by atoms with E-state index >= 15 is 0 Å². The third-order valence-corrected chi connectivity index (χ3v) is 12.3. The highest BCUT2D eigenvalue weighted by Crippen LogP contribution is 2.57. The van der Waals surface area contributed by atoms with Crippen LogP contribution in [0.15, 0.2) is 229 Å². The van der Waals surface area contributed by atoms with Gasteiger partial charge in [-0.25, -0.2) is 4.98 Å². The SMILES string of the molecule is c1ccc(N(c2ccc(-c3nc4ccccc4o3)cc2)c2cccc3c2c2cc(C4(c5ccccc5)c5ccccc5-c5ccccc54)ccc2n3-c2ccccc2)cc1. The number of oxazole rings is 1. The van der Waals surface area contributed by atoms with Gasteiger partial charge in [-0.15, -0.1) is 0 Å². The molecule has 282 valence electrons. The van der Waals surface area contributed by atoms with Gasteiger partial charge in [0.05, 0.1) is 22.1 Å². The fraction of sp³-hybridized carbons (Fsp3) is 0.0179. The third kappa shape index (κ3) is 5.07. The predicted molar refractivity (Wildman–Crippen MR) is 246 cm³/mol. The lowest BCUT2D eigenvalue weighted by atomic mass is 9.67. The van der Waals surface area contributed by atoms with Gasteiger partial charge in [0.1, 0.15) is 5.52 Å². The minimum absolute atomic E-state index is 0.529. The summed E-state index contributed by atoms with van der Waals surface area (Å²) in [6.07, 6.45) is 0. The Kier molecular flexibility index (Phi) is 7.72. The Morgan fingerprint density at radius 2 is 1.08 bits per heavy atom. The van der Waals surface area contributed by atoms with Gasteiger partial charge in [-0.1, -0.05) is 140 Å². The molecule has 2 aromatic heterocycles. The number of nitrogens with zero attached hydrogens (tertiary/aromatic N) is 3. The van der Waals surface area contributed by atoms with Gasteiger partial charge in [0.25, 0.3) is 0 Å². The molecule has 0 unspecified atom stereocenters. The standard InChI is InChI=1S/C56H37N3O/c1-4-17-39(18-5-1)56(47-25-12-10-23-44(47)45-24-11-13-26-48(45)56)40-33-36-50-46(37-40)54-51(28-16-29-52(54)59(50)42-21-8-3-9-22-42)58(41-19-6-2-7-20-41)43-34-31-38(32-35-43)55-57-49-27-14-15-30-53(49)60-55/h1-37H. The van der Waals surface area contributed by atoms with Gasteiger partial charge >= 0.3 is 0 Å². The summed E-state index contributed by atoms with van der Waals surface area (Å²) in [4.78, 5) is 7.18. The minimum Gasteiger partial charge on any atom is -0.436 e. The van der Waals surface area contributed by atoms with Gasteiger partial charge in [0.15, 0.2) is 5.58 Å². The fourth-order valence-electron chi connectivity index (χ4n) is 9.79. The lowest BCUT2D eigenvalue weighted by Gasteiger charge is -2.34. The highest BCUT2D eigenvalue weighted by atomic mass is 16.3. The Bertz CT molecular complexity index is 3290. The largest absolute Gasteiger partial charge is 0.436 e. The molecule has 11 aromatic rings. The summed E-state index contributed by atoms with van der Waals surface area (Å²) in [5, 5.41) is 2.36. The van der Waals surface area contributed by atoms with Crippen LogP contribution in [0.5, 0.6) is 0 Å². The van der Waals surface area contributed by atoms with E-state index in [1.54, 1.807) is 0 Å².